The van der Waals surface area contributed by atoms with Crippen LogP contribution in [0, 0.1) is 5.92 Å². The van der Waals surface area contributed by atoms with Gasteiger partial charge in [-0.1, -0.05) is 134 Å². The predicted molar refractivity (Wildman–Crippen MR) is 192 cm³/mol. The summed E-state index contributed by atoms with van der Waals surface area (Å²) < 4.78 is 11.4. The number of allylic oxidation sites excluding steroid dienone is 8. The molecule has 1 fully saturated rings. The van der Waals surface area contributed by atoms with Crippen LogP contribution in [0.4, 0.5) is 0 Å². The predicted octanol–water partition coefficient (Wildman–Crippen LogP) is 12.5. The van der Waals surface area contributed by atoms with Gasteiger partial charge in [0, 0.05) is 18.8 Å². The Labute approximate surface area is 278 Å². The van der Waals surface area contributed by atoms with Crippen LogP contribution in [-0.2, 0) is 19.1 Å². The average Bonchev–Trinajstić information content (AvgIpc) is 3.69. The summed E-state index contributed by atoms with van der Waals surface area (Å²) >= 11 is 0. The third-order valence-corrected chi connectivity index (χ3v) is 8.70. The van der Waals surface area contributed by atoms with Crippen molar-refractivity contribution in [2.24, 2.45) is 5.92 Å². The van der Waals surface area contributed by atoms with Gasteiger partial charge in [0.2, 0.25) is 0 Å². The molecule has 0 aromatic carbocycles. The van der Waals surface area contributed by atoms with E-state index in [9.17, 15) is 9.59 Å². The second-order valence-corrected chi connectivity index (χ2v) is 12.9. The van der Waals surface area contributed by atoms with Gasteiger partial charge in [0.25, 0.3) is 0 Å². The Kier molecular flexibility index (Phi) is 27.8. The van der Waals surface area contributed by atoms with E-state index < -0.39 is 0 Å². The minimum absolute atomic E-state index is 0.142. The van der Waals surface area contributed by atoms with E-state index in [0.29, 0.717) is 12.8 Å². The van der Waals surface area contributed by atoms with Crippen LogP contribution in [-0.4, -0.2) is 24.1 Å². The summed E-state index contributed by atoms with van der Waals surface area (Å²) in [6.45, 7) is 6.56. The van der Waals surface area contributed by atoms with Crippen molar-refractivity contribution < 1.29 is 19.1 Å². The maximum Gasteiger partial charge on any atom is 0.306 e. The molecule has 0 aliphatic heterocycles. The molecule has 0 heterocycles. The first-order valence-electron chi connectivity index (χ1n) is 19.1. The van der Waals surface area contributed by atoms with Crippen molar-refractivity contribution in [2.45, 2.75) is 193 Å². The lowest BCUT2D eigenvalue weighted by Crippen LogP contribution is -2.13. The zero-order chi connectivity index (χ0) is 32.6. The fourth-order valence-electron chi connectivity index (χ4n) is 5.67. The van der Waals surface area contributed by atoms with Gasteiger partial charge < -0.3 is 9.47 Å². The molecule has 0 N–H and O–H groups in total. The number of ether oxygens (including phenoxy) is 2. The van der Waals surface area contributed by atoms with Crippen molar-refractivity contribution >= 4 is 11.9 Å². The monoisotopic (exact) mass is 627 g/mol. The van der Waals surface area contributed by atoms with Crippen LogP contribution < -0.4 is 0 Å². The van der Waals surface area contributed by atoms with Gasteiger partial charge in [-0.25, -0.2) is 0 Å². The van der Waals surface area contributed by atoms with Gasteiger partial charge in [-0.3, -0.25) is 9.59 Å². The molecule has 258 valence electrons. The Bertz CT molecular complexity index is 757. The van der Waals surface area contributed by atoms with E-state index in [1.54, 1.807) is 0 Å². The zero-order valence-corrected chi connectivity index (χ0v) is 29.7. The molecule has 4 heteroatoms. The molecule has 0 radical (unpaired) electrons. The van der Waals surface area contributed by atoms with Gasteiger partial charge in [-0.2, -0.15) is 0 Å². The van der Waals surface area contributed by atoms with Crippen molar-refractivity contribution in [3.8, 4) is 0 Å². The summed E-state index contributed by atoms with van der Waals surface area (Å²) in [4.78, 5) is 24.7. The Morgan fingerprint density at radius 2 is 0.778 bits per heavy atom. The van der Waals surface area contributed by atoms with Gasteiger partial charge in [0.1, 0.15) is 12.2 Å². The van der Waals surface area contributed by atoms with Gasteiger partial charge in [-0.05, 0) is 83.5 Å². The standard InChI is InChI=1S/C41H70O4/c1-4-7-9-11-13-15-17-19-21-23-25-27-29-31-33-35-38(42)44-40-37(6-3)41(40)45-39(43)36-34-32-30-28-26-24-22-20-18-16-14-12-10-8-5-2/h13-16,19-22,37,40-41H,4-12,17-18,23-36H2,1-3H3/b15-13-,16-14-,21-19-,22-20-/t37?,40-,41+. The number of carbonyl (C=O) groups excluding carboxylic acids is 2. The SMILES string of the molecule is CCCCC/C=C\C/C=C\CCCCCCCC(=O)O[C@@H]1C(CC)[C@@H]1OC(=O)CCCCCCC/C=C\C/C=C\CCCCC. The quantitative estimate of drug-likeness (QED) is 0.0436. The highest BCUT2D eigenvalue weighted by molar-refractivity contribution is 5.71. The molecule has 1 unspecified atom stereocenters. The highest BCUT2D eigenvalue weighted by Crippen LogP contribution is 2.40. The molecule has 0 aromatic rings. The largest absolute Gasteiger partial charge is 0.458 e. The lowest BCUT2D eigenvalue weighted by molar-refractivity contribution is -0.152. The summed E-state index contributed by atoms with van der Waals surface area (Å²) in [5.41, 5.74) is 0. The van der Waals surface area contributed by atoms with Crippen molar-refractivity contribution in [2.75, 3.05) is 0 Å². The van der Waals surface area contributed by atoms with Crippen molar-refractivity contribution in [3.05, 3.63) is 48.6 Å². The average molecular weight is 627 g/mol. The first-order chi connectivity index (χ1) is 22.1. The number of rotatable bonds is 31. The third-order valence-electron chi connectivity index (χ3n) is 8.70. The van der Waals surface area contributed by atoms with Crippen molar-refractivity contribution in [1.82, 2.24) is 0 Å². The summed E-state index contributed by atoms with van der Waals surface area (Å²) in [5.74, 6) is -0.125. The number of hydrogen-bond acceptors (Lipinski definition) is 4. The summed E-state index contributed by atoms with van der Waals surface area (Å²) in [5, 5.41) is 0. The van der Waals surface area contributed by atoms with E-state index in [1.807, 2.05) is 0 Å². The molecule has 1 aliphatic rings. The normalized spacial score (nSPS) is 18.2. The fourth-order valence-corrected chi connectivity index (χ4v) is 5.67. The molecular weight excluding hydrogens is 556 g/mol. The molecule has 0 bridgehead atoms. The van der Waals surface area contributed by atoms with Crippen LogP contribution in [0.15, 0.2) is 48.6 Å². The molecule has 45 heavy (non-hydrogen) atoms. The van der Waals surface area contributed by atoms with Crippen LogP contribution in [0.2, 0.25) is 0 Å². The summed E-state index contributed by atoms with van der Waals surface area (Å²) in [6, 6.07) is 0. The van der Waals surface area contributed by atoms with Crippen molar-refractivity contribution in [1.29, 1.82) is 0 Å². The second-order valence-electron chi connectivity index (χ2n) is 12.9. The van der Waals surface area contributed by atoms with E-state index in [2.05, 4.69) is 69.4 Å². The van der Waals surface area contributed by atoms with Gasteiger partial charge in [-0.15, -0.1) is 0 Å². The summed E-state index contributed by atoms with van der Waals surface area (Å²) in [6.07, 6.45) is 45.3. The van der Waals surface area contributed by atoms with E-state index in [4.69, 9.17) is 9.47 Å². The molecule has 1 aliphatic carbocycles. The second kappa shape index (κ2) is 30.5. The molecule has 4 nitrogen and oxygen atoms in total. The molecule has 3 atom stereocenters. The minimum atomic E-state index is -0.242. The number of hydrogen-bond donors (Lipinski definition) is 0. The van der Waals surface area contributed by atoms with Crippen LogP contribution in [0.5, 0.6) is 0 Å². The van der Waals surface area contributed by atoms with Crippen LogP contribution in [0.3, 0.4) is 0 Å². The van der Waals surface area contributed by atoms with Crippen LogP contribution in [0.25, 0.3) is 0 Å². The Balaban J connectivity index is 1.98. The maximum absolute atomic E-state index is 12.4. The number of esters is 2. The maximum atomic E-state index is 12.4. The topological polar surface area (TPSA) is 52.6 Å². The van der Waals surface area contributed by atoms with Gasteiger partial charge in [0.05, 0.1) is 0 Å². The molecule has 1 saturated carbocycles. The van der Waals surface area contributed by atoms with Crippen LogP contribution in [0.1, 0.15) is 181 Å². The zero-order valence-electron chi connectivity index (χ0n) is 29.7. The Morgan fingerprint density at radius 1 is 0.444 bits per heavy atom. The van der Waals surface area contributed by atoms with E-state index in [0.717, 1.165) is 70.6 Å². The van der Waals surface area contributed by atoms with Crippen molar-refractivity contribution in [3.63, 3.8) is 0 Å². The first kappa shape index (κ1) is 40.9. The van der Waals surface area contributed by atoms with E-state index in [1.165, 1.54) is 77.0 Å². The minimum Gasteiger partial charge on any atom is -0.458 e. The smallest absolute Gasteiger partial charge is 0.306 e. The number of carbonyl (C=O) groups is 2. The Morgan fingerprint density at radius 3 is 1.13 bits per heavy atom. The molecule has 0 amide bonds. The van der Waals surface area contributed by atoms with E-state index >= 15 is 0 Å². The van der Waals surface area contributed by atoms with Gasteiger partial charge in [0.15, 0.2) is 0 Å². The molecule has 0 aromatic heterocycles. The molecular formula is C41H70O4. The van der Waals surface area contributed by atoms with E-state index in [-0.39, 0.29) is 30.1 Å². The lowest BCUT2D eigenvalue weighted by atomic mass is 10.1. The first-order valence-corrected chi connectivity index (χ1v) is 19.1. The van der Waals surface area contributed by atoms with Crippen LogP contribution >= 0.6 is 0 Å². The molecule has 0 spiro atoms. The molecule has 0 saturated heterocycles. The highest BCUT2D eigenvalue weighted by atomic mass is 16.6. The third kappa shape index (κ3) is 24.8. The van der Waals surface area contributed by atoms with Gasteiger partial charge >= 0.3 is 11.9 Å². The molecule has 1 rings (SSSR count). The highest BCUT2D eigenvalue weighted by Gasteiger charge is 2.55. The Hall–Kier alpha value is -2.10. The fraction of sp³-hybridized carbons (Fsp3) is 0.756. The summed E-state index contributed by atoms with van der Waals surface area (Å²) in [7, 11) is 0. The lowest BCUT2D eigenvalue weighted by Gasteiger charge is -2.06. The number of unbranched alkanes of at least 4 members (excludes halogenated alkanes) is 16.